The number of aryl methyl sites for hydroxylation is 3. The van der Waals surface area contributed by atoms with Crippen LogP contribution in [-0.4, -0.2) is 31.2 Å². The number of para-hydroxylation sites is 1. The highest BCUT2D eigenvalue weighted by Crippen LogP contribution is 2.31. The van der Waals surface area contributed by atoms with Gasteiger partial charge in [-0.25, -0.2) is 8.42 Å². The third-order valence-corrected chi connectivity index (χ3v) is 6.93. The summed E-state index contributed by atoms with van der Waals surface area (Å²) in [4.78, 5) is 13.0. The van der Waals surface area contributed by atoms with E-state index in [9.17, 15) is 13.2 Å². The van der Waals surface area contributed by atoms with Crippen LogP contribution in [0.25, 0.3) is 0 Å². The molecule has 1 atom stereocenters. The zero-order valence-corrected chi connectivity index (χ0v) is 16.1. The number of carbonyl (C=O) groups excluding carboxylic acids is 1. The number of hydrogen-bond acceptors (Lipinski definition) is 3. The van der Waals surface area contributed by atoms with E-state index >= 15 is 0 Å². The van der Waals surface area contributed by atoms with E-state index in [1.165, 1.54) is 4.31 Å². The first kappa shape index (κ1) is 18.6. The van der Waals surface area contributed by atoms with Gasteiger partial charge in [0.25, 0.3) is 0 Å². The molecule has 0 radical (unpaired) electrons. The standard InChI is InChI=1S/C20H24N2O3S/c1-14-12-15(2)19(16(3)13-14)26(24,25)22-11-7-10-18(22)20(23)21-17-8-5-4-6-9-17/h4-6,8-9,12-13,18H,7,10-11H2,1-3H3,(H,21,23). The summed E-state index contributed by atoms with van der Waals surface area (Å²) in [6, 6.07) is 12.2. The van der Waals surface area contributed by atoms with Crippen molar-refractivity contribution in [2.45, 2.75) is 44.6 Å². The Morgan fingerprint density at radius 1 is 1.08 bits per heavy atom. The van der Waals surface area contributed by atoms with Crippen molar-refractivity contribution in [2.24, 2.45) is 0 Å². The van der Waals surface area contributed by atoms with Crippen molar-refractivity contribution >= 4 is 21.6 Å². The molecular weight excluding hydrogens is 348 g/mol. The smallest absolute Gasteiger partial charge is 0.244 e. The topological polar surface area (TPSA) is 66.5 Å². The molecule has 0 aromatic heterocycles. The molecule has 26 heavy (non-hydrogen) atoms. The van der Waals surface area contributed by atoms with Crippen LogP contribution in [0.4, 0.5) is 5.69 Å². The lowest BCUT2D eigenvalue weighted by Gasteiger charge is -2.25. The summed E-state index contributed by atoms with van der Waals surface area (Å²) in [6.45, 7) is 5.92. The molecule has 1 aliphatic rings. The first-order valence-electron chi connectivity index (χ1n) is 8.76. The van der Waals surface area contributed by atoms with Gasteiger partial charge in [0.1, 0.15) is 6.04 Å². The number of amides is 1. The summed E-state index contributed by atoms with van der Waals surface area (Å²) in [7, 11) is -3.73. The maximum Gasteiger partial charge on any atom is 0.244 e. The van der Waals surface area contributed by atoms with E-state index in [2.05, 4.69) is 5.32 Å². The monoisotopic (exact) mass is 372 g/mol. The number of carbonyl (C=O) groups is 1. The quantitative estimate of drug-likeness (QED) is 0.894. The van der Waals surface area contributed by atoms with Crippen molar-refractivity contribution < 1.29 is 13.2 Å². The van der Waals surface area contributed by atoms with E-state index in [1.54, 1.807) is 12.1 Å². The SMILES string of the molecule is Cc1cc(C)c(S(=O)(=O)N2CCCC2C(=O)Nc2ccccc2)c(C)c1. The number of nitrogens with zero attached hydrogens (tertiary/aromatic N) is 1. The molecule has 1 heterocycles. The van der Waals surface area contributed by atoms with Gasteiger partial charge in [0.2, 0.25) is 15.9 Å². The van der Waals surface area contributed by atoms with Gasteiger partial charge in [-0.3, -0.25) is 4.79 Å². The molecule has 0 spiro atoms. The summed E-state index contributed by atoms with van der Waals surface area (Å²) in [5.41, 5.74) is 3.14. The molecule has 3 rings (SSSR count). The second-order valence-corrected chi connectivity index (χ2v) is 8.68. The van der Waals surface area contributed by atoms with Crippen LogP contribution in [0.5, 0.6) is 0 Å². The third kappa shape index (κ3) is 3.52. The van der Waals surface area contributed by atoms with E-state index in [0.29, 0.717) is 30.0 Å². The van der Waals surface area contributed by atoms with Crippen LogP contribution in [0.1, 0.15) is 29.5 Å². The van der Waals surface area contributed by atoms with Gasteiger partial charge >= 0.3 is 0 Å². The first-order valence-corrected chi connectivity index (χ1v) is 10.2. The maximum atomic E-state index is 13.3. The highest BCUT2D eigenvalue weighted by molar-refractivity contribution is 7.89. The molecule has 0 aliphatic carbocycles. The predicted molar refractivity (Wildman–Crippen MR) is 103 cm³/mol. The molecule has 6 heteroatoms. The number of rotatable bonds is 4. The van der Waals surface area contributed by atoms with Gasteiger partial charge in [-0.2, -0.15) is 4.31 Å². The Morgan fingerprint density at radius 2 is 1.69 bits per heavy atom. The first-order chi connectivity index (χ1) is 12.3. The Labute approximate surface area is 155 Å². The molecule has 1 saturated heterocycles. The zero-order valence-electron chi connectivity index (χ0n) is 15.3. The molecule has 0 bridgehead atoms. The van der Waals surface area contributed by atoms with E-state index in [0.717, 1.165) is 16.7 Å². The Morgan fingerprint density at radius 3 is 2.31 bits per heavy atom. The van der Waals surface area contributed by atoms with Gasteiger partial charge in [0, 0.05) is 12.2 Å². The molecule has 2 aromatic rings. The Bertz CT molecular complexity index is 900. The molecule has 1 amide bonds. The van der Waals surface area contributed by atoms with E-state index in [1.807, 2.05) is 51.1 Å². The zero-order chi connectivity index (χ0) is 18.9. The fraction of sp³-hybridized carbons (Fsp3) is 0.350. The summed E-state index contributed by atoms with van der Waals surface area (Å²) in [5.74, 6) is -0.278. The van der Waals surface area contributed by atoms with Crippen molar-refractivity contribution in [1.29, 1.82) is 0 Å². The van der Waals surface area contributed by atoms with E-state index in [-0.39, 0.29) is 5.91 Å². The molecule has 1 unspecified atom stereocenters. The van der Waals surface area contributed by atoms with Gasteiger partial charge in [-0.05, 0) is 56.9 Å². The minimum Gasteiger partial charge on any atom is -0.325 e. The van der Waals surface area contributed by atoms with Gasteiger partial charge < -0.3 is 5.32 Å². The van der Waals surface area contributed by atoms with Crippen molar-refractivity contribution in [3.63, 3.8) is 0 Å². The van der Waals surface area contributed by atoms with Gasteiger partial charge in [-0.1, -0.05) is 35.9 Å². The van der Waals surface area contributed by atoms with E-state index < -0.39 is 16.1 Å². The molecule has 5 nitrogen and oxygen atoms in total. The van der Waals surface area contributed by atoms with Gasteiger partial charge in [-0.15, -0.1) is 0 Å². The van der Waals surface area contributed by atoms with Gasteiger partial charge in [0.05, 0.1) is 4.90 Å². The van der Waals surface area contributed by atoms with Crippen molar-refractivity contribution in [3.05, 3.63) is 59.2 Å². The summed E-state index contributed by atoms with van der Waals surface area (Å²) in [6.07, 6.45) is 1.21. The fourth-order valence-corrected chi connectivity index (χ4v) is 5.80. The highest BCUT2D eigenvalue weighted by atomic mass is 32.2. The van der Waals surface area contributed by atoms with Crippen LogP contribution >= 0.6 is 0 Å². The number of nitrogens with one attached hydrogen (secondary N) is 1. The molecule has 138 valence electrons. The predicted octanol–water partition coefficient (Wildman–Crippen LogP) is 3.40. The number of benzene rings is 2. The summed E-state index contributed by atoms with van der Waals surface area (Å²) >= 11 is 0. The largest absolute Gasteiger partial charge is 0.325 e. The van der Waals surface area contributed by atoms with Crippen LogP contribution in [0.3, 0.4) is 0 Å². The second kappa shape index (κ2) is 7.21. The van der Waals surface area contributed by atoms with Crippen LogP contribution in [0, 0.1) is 20.8 Å². The Hall–Kier alpha value is -2.18. The normalized spacial score (nSPS) is 18.0. The van der Waals surface area contributed by atoms with Crippen LogP contribution in [0.15, 0.2) is 47.4 Å². The summed E-state index contributed by atoms with van der Waals surface area (Å²) in [5, 5.41) is 2.83. The number of anilines is 1. The van der Waals surface area contributed by atoms with Crippen LogP contribution in [-0.2, 0) is 14.8 Å². The Kier molecular flexibility index (Phi) is 5.16. The Balaban J connectivity index is 1.91. The van der Waals surface area contributed by atoms with Gasteiger partial charge in [0.15, 0.2) is 0 Å². The highest BCUT2D eigenvalue weighted by Gasteiger charge is 2.40. The minimum atomic E-state index is -3.73. The number of hydrogen-bond donors (Lipinski definition) is 1. The summed E-state index contributed by atoms with van der Waals surface area (Å²) < 4.78 is 28.0. The molecule has 1 fully saturated rings. The average Bonchev–Trinajstić information content (AvgIpc) is 3.05. The van der Waals surface area contributed by atoms with Crippen LogP contribution < -0.4 is 5.32 Å². The maximum absolute atomic E-state index is 13.3. The average molecular weight is 372 g/mol. The molecule has 1 aliphatic heterocycles. The third-order valence-electron chi connectivity index (χ3n) is 4.72. The number of sulfonamides is 1. The molecular formula is C20H24N2O3S. The van der Waals surface area contributed by atoms with Crippen molar-refractivity contribution in [3.8, 4) is 0 Å². The lowest BCUT2D eigenvalue weighted by atomic mass is 10.1. The molecule has 2 aromatic carbocycles. The molecule has 1 N–H and O–H groups in total. The lowest BCUT2D eigenvalue weighted by Crippen LogP contribution is -2.43. The van der Waals surface area contributed by atoms with Crippen molar-refractivity contribution in [1.82, 2.24) is 4.31 Å². The second-order valence-electron chi connectivity index (χ2n) is 6.86. The van der Waals surface area contributed by atoms with Crippen molar-refractivity contribution in [2.75, 3.05) is 11.9 Å². The molecule has 0 saturated carbocycles. The lowest BCUT2D eigenvalue weighted by molar-refractivity contribution is -0.119. The van der Waals surface area contributed by atoms with Crippen LogP contribution in [0.2, 0.25) is 0 Å². The minimum absolute atomic E-state index is 0.278. The van der Waals surface area contributed by atoms with E-state index in [4.69, 9.17) is 0 Å². The fourth-order valence-electron chi connectivity index (χ4n) is 3.73.